The first-order chi connectivity index (χ1) is 9.78. The van der Waals surface area contributed by atoms with Crippen molar-refractivity contribution < 1.29 is 14.3 Å². The van der Waals surface area contributed by atoms with Crippen molar-refractivity contribution in [2.45, 2.75) is 19.6 Å². The minimum atomic E-state index is -0.0689. The molecule has 2 aromatic rings. The summed E-state index contributed by atoms with van der Waals surface area (Å²) in [6.45, 7) is 3.02. The van der Waals surface area contributed by atoms with Crippen molar-refractivity contribution in [2.24, 2.45) is 0 Å². The van der Waals surface area contributed by atoms with Gasteiger partial charge in [-0.05, 0) is 24.6 Å². The molecule has 0 fully saturated rings. The van der Waals surface area contributed by atoms with Crippen LogP contribution in [-0.4, -0.2) is 19.0 Å². The van der Waals surface area contributed by atoms with Crippen LogP contribution in [-0.2, 0) is 11.3 Å². The van der Waals surface area contributed by atoms with Gasteiger partial charge in [0, 0.05) is 5.56 Å². The topological polar surface area (TPSA) is 35.5 Å². The molecule has 2 aromatic carbocycles. The molecule has 0 N–H and O–H groups in total. The SMILES string of the molecule is C[C@H](COCc1ccccc1)Oc1cccc(C=O)c1. The fourth-order valence-corrected chi connectivity index (χ4v) is 1.84. The lowest BCUT2D eigenvalue weighted by molar-refractivity contribution is 0.0492. The summed E-state index contributed by atoms with van der Waals surface area (Å²) in [6.07, 6.45) is 0.740. The molecule has 0 saturated heterocycles. The Balaban J connectivity index is 1.77. The predicted octanol–water partition coefficient (Wildman–Crippen LogP) is 3.48. The van der Waals surface area contributed by atoms with Crippen molar-refractivity contribution in [3.63, 3.8) is 0 Å². The van der Waals surface area contributed by atoms with Gasteiger partial charge in [0.1, 0.15) is 18.1 Å². The molecule has 0 amide bonds. The Morgan fingerprint density at radius 3 is 2.65 bits per heavy atom. The van der Waals surface area contributed by atoms with E-state index in [2.05, 4.69) is 0 Å². The molecular weight excluding hydrogens is 252 g/mol. The van der Waals surface area contributed by atoms with Gasteiger partial charge >= 0.3 is 0 Å². The van der Waals surface area contributed by atoms with Crippen LogP contribution in [0.1, 0.15) is 22.8 Å². The standard InChI is InChI=1S/C17H18O3/c1-14(12-19-13-15-6-3-2-4-7-15)20-17-9-5-8-16(10-17)11-18/h2-11,14H,12-13H2,1H3/t14-/m1/s1. The van der Waals surface area contributed by atoms with Crippen LogP contribution < -0.4 is 4.74 Å². The third-order valence-electron chi connectivity index (χ3n) is 2.80. The summed E-state index contributed by atoms with van der Waals surface area (Å²) in [4.78, 5) is 10.7. The lowest BCUT2D eigenvalue weighted by Crippen LogP contribution is -2.19. The lowest BCUT2D eigenvalue weighted by Gasteiger charge is -2.15. The highest BCUT2D eigenvalue weighted by Gasteiger charge is 2.05. The second kappa shape index (κ2) is 7.46. The van der Waals surface area contributed by atoms with Gasteiger partial charge in [0.15, 0.2) is 0 Å². The first kappa shape index (κ1) is 14.3. The Morgan fingerprint density at radius 1 is 1.10 bits per heavy atom. The molecule has 0 aliphatic carbocycles. The van der Waals surface area contributed by atoms with Crippen LogP contribution in [0.25, 0.3) is 0 Å². The largest absolute Gasteiger partial charge is 0.488 e. The molecule has 0 spiro atoms. The van der Waals surface area contributed by atoms with E-state index in [1.807, 2.05) is 43.3 Å². The molecule has 0 aliphatic heterocycles. The number of aldehydes is 1. The van der Waals surface area contributed by atoms with Crippen molar-refractivity contribution in [3.05, 3.63) is 65.7 Å². The first-order valence-corrected chi connectivity index (χ1v) is 6.61. The van der Waals surface area contributed by atoms with Gasteiger partial charge in [0.05, 0.1) is 13.2 Å². The molecular formula is C17H18O3. The van der Waals surface area contributed by atoms with Crippen LogP contribution in [0.15, 0.2) is 54.6 Å². The number of carbonyl (C=O) groups excluding carboxylic acids is 1. The van der Waals surface area contributed by atoms with Crippen molar-refractivity contribution in [2.75, 3.05) is 6.61 Å². The summed E-state index contributed by atoms with van der Waals surface area (Å²) in [5.41, 5.74) is 1.75. The zero-order chi connectivity index (χ0) is 14.2. The first-order valence-electron chi connectivity index (χ1n) is 6.61. The van der Waals surface area contributed by atoms with Gasteiger partial charge in [0.25, 0.3) is 0 Å². The fraction of sp³-hybridized carbons (Fsp3) is 0.235. The van der Waals surface area contributed by atoms with E-state index in [9.17, 15) is 4.79 Å². The Labute approximate surface area is 119 Å². The van der Waals surface area contributed by atoms with E-state index in [0.717, 1.165) is 11.8 Å². The highest BCUT2D eigenvalue weighted by molar-refractivity contribution is 5.75. The average molecular weight is 270 g/mol. The molecule has 2 rings (SSSR count). The van der Waals surface area contributed by atoms with E-state index in [-0.39, 0.29) is 6.10 Å². The van der Waals surface area contributed by atoms with E-state index < -0.39 is 0 Å². The Morgan fingerprint density at radius 2 is 1.90 bits per heavy atom. The smallest absolute Gasteiger partial charge is 0.150 e. The number of hydrogen-bond donors (Lipinski definition) is 0. The Hall–Kier alpha value is -2.13. The monoisotopic (exact) mass is 270 g/mol. The molecule has 0 aliphatic rings. The maximum atomic E-state index is 10.7. The van der Waals surface area contributed by atoms with Gasteiger partial charge < -0.3 is 9.47 Å². The maximum Gasteiger partial charge on any atom is 0.150 e. The zero-order valence-corrected chi connectivity index (χ0v) is 11.5. The minimum Gasteiger partial charge on any atom is -0.488 e. The summed E-state index contributed by atoms with van der Waals surface area (Å²) >= 11 is 0. The normalized spacial score (nSPS) is 11.8. The highest BCUT2D eigenvalue weighted by atomic mass is 16.5. The van der Waals surface area contributed by atoms with Gasteiger partial charge in [-0.3, -0.25) is 4.79 Å². The second-order valence-electron chi connectivity index (χ2n) is 4.62. The second-order valence-corrected chi connectivity index (χ2v) is 4.62. The summed E-state index contributed by atoms with van der Waals surface area (Å²) in [7, 11) is 0. The van der Waals surface area contributed by atoms with E-state index in [1.165, 1.54) is 0 Å². The molecule has 0 bridgehead atoms. The highest BCUT2D eigenvalue weighted by Crippen LogP contribution is 2.14. The molecule has 0 heterocycles. The quantitative estimate of drug-likeness (QED) is 0.722. The van der Waals surface area contributed by atoms with Crippen LogP contribution in [0.2, 0.25) is 0 Å². The Kier molecular flexibility index (Phi) is 5.33. The fourth-order valence-electron chi connectivity index (χ4n) is 1.84. The van der Waals surface area contributed by atoms with Crippen LogP contribution in [0.4, 0.5) is 0 Å². The van der Waals surface area contributed by atoms with Crippen LogP contribution in [0.3, 0.4) is 0 Å². The van der Waals surface area contributed by atoms with E-state index >= 15 is 0 Å². The summed E-state index contributed by atoms with van der Waals surface area (Å²) in [5, 5.41) is 0. The number of hydrogen-bond acceptors (Lipinski definition) is 3. The minimum absolute atomic E-state index is 0.0689. The molecule has 20 heavy (non-hydrogen) atoms. The van der Waals surface area contributed by atoms with Gasteiger partial charge in [0.2, 0.25) is 0 Å². The molecule has 0 unspecified atom stereocenters. The molecule has 0 radical (unpaired) electrons. The van der Waals surface area contributed by atoms with Crippen molar-refractivity contribution >= 4 is 6.29 Å². The van der Waals surface area contributed by atoms with Gasteiger partial charge in [-0.15, -0.1) is 0 Å². The van der Waals surface area contributed by atoms with Crippen LogP contribution in [0.5, 0.6) is 5.75 Å². The maximum absolute atomic E-state index is 10.7. The molecule has 3 heteroatoms. The number of rotatable bonds is 7. The van der Waals surface area contributed by atoms with Gasteiger partial charge in [-0.2, -0.15) is 0 Å². The lowest BCUT2D eigenvalue weighted by atomic mass is 10.2. The van der Waals surface area contributed by atoms with Gasteiger partial charge in [-0.25, -0.2) is 0 Å². The summed E-state index contributed by atoms with van der Waals surface area (Å²) < 4.78 is 11.3. The third-order valence-corrected chi connectivity index (χ3v) is 2.80. The summed E-state index contributed by atoms with van der Waals surface area (Å²) in [6, 6.07) is 17.1. The molecule has 0 saturated carbocycles. The van der Waals surface area contributed by atoms with Gasteiger partial charge in [-0.1, -0.05) is 42.5 Å². The predicted molar refractivity (Wildman–Crippen MR) is 78.0 cm³/mol. The van der Waals surface area contributed by atoms with Crippen molar-refractivity contribution in [1.29, 1.82) is 0 Å². The number of carbonyl (C=O) groups is 1. The molecule has 3 nitrogen and oxygen atoms in total. The Bertz CT molecular complexity index is 537. The number of ether oxygens (including phenoxy) is 2. The van der Waals surface area contributed by atoms with Crippen molar-refractivity contribution in [1.82, 2.24) is 0 Å². The van der Waals surface area contributed by atoms with Crippen LogP contribution >= 0.6 is 0 Å². The average Bonchev–Trinajstić information content (AvgIpc) is 2.48. The van der Waals surface area contributed by atoms with E-state index in [0.29, 0.717) is 24.5 Å². The van der Waals surface area contributed by atoms with Crippen LogP contribution in [0, 0.1) is 0 Å². The van der Waals surface area contributed by atoms with E-state index in [4.69, 9.17) is 9.47 Å². The third kappa shape index (κ3) is 4.52. The summed E-state index contributed by atoms with van der Waals surface area (Å²) in [5.74, 6) is 0.686. The van der Waals surface area contributed by atoms with E-state index in [1.54, 1.807) is 18.2 Å². The molecule has 104 valence electrons. The number of benzene rings is 2. The molecule has 0 aromatic heterocycles. The van der Waals surface area contributed by atoms with Crippen molar-refractivity contribution in [3.8, 4) is 5.75 Å². The molecule has 1 atom stereocenters. The zero-order valence-electron chi connectivity index (χ0n) is 11.5.